The third kappa shape index (κ3) is 4.94. The predicted octanol–water partition coefficient (Wildman–Crippen LogP) is 1.68. The molecule has 8 nitrogen and oxygen atoms in total. The molecule has 2 heterocycles. The van der Waals surface area contributed by atoms with E-state index in [-0.39, 0.29) is 12.5 Å². The first-order valence-corrected chi connectivity index (χ1v) is 12.1. The third-order valence-electron chi connectivity index (χ3n) is 5.46. The van der Waals surface area contributed by atoms with Crippen LogP contribution in [0.3, 0.4) is 0 Å². The Kier molecular flexibility index (Phi) is 6.06. The zero-order chi connectivity index (χ0) is 22.0. The fourth-order valence-electron chi connectivity index (χ4n) is 3.76. The molecule has 1 N–H and O–H groups in total. The molecule has 2 aromatic rings. The molecule has 166 valence electrons. The lowest BCUT2D eigenvalue weighted by Gasteiger charge is -2.34. The maximum Gasteiger partial charge on any atom is 0.263 e. The van der Waals surface area contributed by atoms with Gasteiger partial charge in [-0.05, 0) is 42.3 Å². The van der Waals surface area contributed by atoms with Gasteiger partial charge in [-0.2, -0.15) is 0 Å². The lowest BCUT2D eigenvalue weighted by atomic mass is 10.1. The Morgan fingerprint density at radius 2 is 1.84 bits per heavy atom. The maximum atomic E-state index is 12.8. The van der Waals surface area contributed by atoms with E-state index in [9.17, 15) is 13.2 Å². The van der Waals surface area contributed by atoms with E-state index in [1.54, 1.807) is 12.1 Å². The summed E-state index contributed by atoms with van der Waals surface area (Å²) in [5.41, 5.74) is 3.46. The Balaban J connectivity index is 1.41. The molecule has 9 heteroatoms. The van der Waals surface area contributed by atoms with Gasteiger partial charge < -0.3 is 19.7 Å². The van der Waals surface area contributed by atoms with E-state index in [4.69, 9.17) is 9.47 Å². The highest BCUT2D eigenvalue weighted by atomic mass is 32.2. The van der Waals surface area contributed by atoms with E-state index in [0.717, 1.165) is 49.4 Å². The number of rotatable bonds is 5. The molecule has 31 heavy (non-hydrogen) atoms. The molecular formula is C22H27N3O5S. The Morgan fingerprint density at radius 3 is 2.52 bits per heavy atom. The van der Waals surface area contributed by atoms with Crippen molar-refractivity contribution >= 4 is 27.3 Å². The Labute approximate surface area is 182 Å². The van der Waals surface area contributed by atoms with Crippen LogP contribution in [0.2, 0.25) is 0 Å². The molecule has 2 aliphatic rings. The van der Waals surface area contributed by atoms with Crippen molar-refractivity contribution in [3.8, 4) is 5.75 Å². The topological polar surface area (TPSA) is 88.2 Å². The molecule has 2 aliphatic heterocycles. The summed E-state index contributed by atoms with van der Waals surface area (Å²) in [5.74, 6) is 0.0365. The van der Waals surface area contributed by atoms with Gasteiger partial charge in [-0.3, -0.25) is 9.10 Å². The van der Waals surface area contributed by atoms with Gasteiger partial charge in [0.05, 0.1) is 31.7 Å². The van der Waals surface area contributed by atoms with E-state index in [1.807, 2.05) is 37.3 Å². The number of aryl methyl sites for hydroxylation is 1. The molecule has 0 bridgehead atoms. The van der Waals surface area contributed by atoms with E-state index in [0.29, 0.717) is 18.0 Å². The molecule has 0 aromatic heterocycles. The number of hydrogen-bond acceptors (Lipinski definition) is 6. The molecule has 0 spiro atoms. The van der Waals surface area contributed by atoms with Crippen LogP contribution in [0.1, 0.15) is 11.1 Å². The van der Waals surface area contributed by atoms with Gasteiger partial charge in [0.25, 0.3) is 5.91 Å². The van der Waals surface area contributed by atoms with Gasteiger partial charge in [-0.15, -0.1) is 0 Å². The van der Waals surface area contributed by atoms with Crippen LogP contribution in [-0.4, -0.2) is 59.5 Å². The van der Waals surface area contributed by atoms with Gasteiger partial charge in [0.15, 0.2) is 6.10 Å². The summed E-state index contributed by atoms with van der Waals surface area (Å²) < 4.78 is 37.0. The number of ether oxygens (including phenoxy) is 2. The largest absolute Gasteiger partial charge is 0.476 e. The van der Waals surface area contributed by atoms with Crippen molar-refractivity contribution in [3.05, 3.63) is 53.6 Å². The summed E-state index contributed by atoms with van der Waals surface area (Å²) in [6, 6.07) is 13.3. The van der Waals surface area contributed by atoms with Crippen molar-refractivity contribution in [2.24, 2.45) is 0 Å². The number of hydrogen-bond donors (Lipinski definition) is 1. The smallest absolute Gasteiger partial charge is 0.263 e. The Bertz CT molecular complexity index is 1050. The predicted molar refractivity (Wildman–Crippen MR) is 119 cm³/mol. The van der Waals surface area contributed by atoms with Crippen molar-refractivity contribution in [2.75, 3.05) is 48.3 Å². The quantitative estimate of drug-likeness (QED) is 0.753. The third-order valence-corrected chi connectivity index (χ3v) is 6.60. The van der Waals surface area contributed by atoms with Crippen LogP contribution >= 0.6 is 0 Å². The van der Waals surface area contributed by atoms with Gasteiger partial charge in [-0.1, -0.05) is 18.2 Å². The molecule has 4 rings (SSSR count). The fourth-order valence-corrected chi connectivity index (χ4v) is 4.67. The number of sulfonamides is 1. The van der Waals surface area contributed by atoms with Gasteiger partial charge in [0, 0.05) is 25.3 Å². The van der Waals surface area contributed by atoms with Crippen molar-refractivity contribution in [3.63, 3.8) is 0 Å². The molecule has 1 atom stereocenters. The monoisotopic (exact) mass is 445 g/mol. The number of amides is 1. The highest BCUT2D eigenvalue weighted by Crippen LogP contribution is 2.35. The van der Waals surface area contributed by atoms with Gasteiger partial charge >= 0.3 is 0 Å². The number of benzene rings is 2. The zero-order valence-corrected chi connectivity index (χ0v) is 18.5. The number of morpholine rings is 1. The van der Waals surface area contributed by atoms with Crippen molar-refractivity contribution in [1.29, 1.82) is 0 Å². The second-order valence-corrected chi connectivity index (χ2v) is 9.76. The highest BCUT2D eigenvalue weighted by Gasteiger charge is 2.35. The van der Waals surface area contributed by atoms with Crippen LogP contribution in [0.4, 0.5) is 11.4 Å². The number of carbonyl (C=O) groups excluding carboxylic acids is 1. The van der Waals surface area contributed by atoms with E-state index in [1.165, 1.54) is 4.31 Å². The van der Waals surface area contributed by atoms with Crippen LogP contribution in [0.5, 0.6) is 5.75 Å². The van der Waals surface area contributed by atoms with Crippen molar-refractivity contribution in [2.45, 2.75) is 19.6 Å². The number of carbonyl (C=O) groups is 1. The maximum absolute atomic E-state index is 12.8. The highest BCUT2D eigenvalue weighted by molar-refractivity contribution is 7.92. The van der Waals surface area contributed by atoms with Crippen LogP contribution in [-0.2, 0) is 26.1 Å². The summed E-state index contributed by atoms with van der Waals surface area (Å²) in [5, 5.41) is 2.86. The van der Waals surface area contributed by atoms with Gasteiger partial charge in [0.1, 0.15) is 5.75 Å². The molecule has 1 unspecified atom stereocenters. The zero-order valence-electron chi connectivity index (χ0n) is 17.7. The molecule has 2 aromatic carbocycles. The molecule has 1 fully saturated rings. The Morgan fingerprint density at radius 1 is 1.13 bits per heavy atom. The van der Waals surface area contributed by atoms with Crippen molar-refractivity contribution in [1.82, 2.24) is 5.32 Å². The van der Waals surface area contributed by atoms with Gasteiger partial charge in [0.2, 0.25) is 10.0 Å². The SMILES string of the molecule is Cc1ccc2c(c1)N(S(C)(=O)=O)CC(C(=O)NCc1ccc(N3CCOCC3)cc1)O2. The molecular weight excluding hydrogens is 418 g/mol. The first-order chi connectivity index (χ1) is 14.8. The first-order valence-electron chi connectivity index (χ1n) is 10.3. The van der Waals surface area contributed by atoms with Gasteiger partial charge in [-0.25, -0.2) is 8.42 Å². The standard InChI is InChI=1S/C22H27N3O5S/c1-16-3-8-20-19(13-16)25(31(2,27)28)15-21(30-20)22(26)23-14-17-4-6-18(7-5-17)24-9-11-29-12-10-24/h3-8,13,21H,9-12,14-15H2,1-2H3,(H,23,26). The Hall–Kier alpha value is -2.78. The normalized spacial score (nSPS) is 18.8. The minimum Gasteiger partial charge on any atom is -0.476 e. The molecule has 1 saturated heterocycles. The average Bonchev–Trinajstić information content (AvgIpc) is 2.77. The van der Waals surface area contributed by atoms with Crippen LogP contribution in [0.25, 0.3) is 0 Å². The van der Waals surface area contributed by atoms with E-state index >= 15 is 0 Å². The molecule has 0 radical (unpaired) electrons. The second-order valence-electron chi connectivity index (χ2n) is 7.86. The molecule has 0 aliphatic carbocycles. The minimum absolute atomic E-state index is 0.0584. The summed E-state index contributed by atoms with van der Waals surface area (Å²) in [4.78, 5) is 15.0. The molecule has 1 amide bonds. The van der Waals surface area contributed by atoms with Crippen LogP contribution < -0.4 is 19.3 Å². The van der Waals surface area contributed by atoms with Crippen LogP contribution in [0.15, 0.2) is 42.5 Å². The lowest BCUT2D eigenvalue weighted by molar-refractivity contribution is -0.127. The summed E-state index contributed by atoms with van der Waals surface area (Å²) in [6.45, 7) is 5.35. The summed E-state index contributed by atoms with van der Waals surface area (Å²) >= 11 is 0. The van der Waals surface area contributed by atoms with Crippen molar-refractivity contribution < 1.29 is 22.7 Å². The second kappa shape index (κ2) is 8.76. The van der Waals surface area contributed by atoms with E-state index < -0.39 is 16.1 Å². The number of nitrogens with zero attached hydrogens (tertiary/aromatic N) is 2. The number of anilines is 2. The van der Waals surface area contributed by atoms with E-state index in [2.05, 4.69) is 10.2 Å². The minimum atomic E-state index is -3.55. The first kappa shape index (κ1) is 21.5. The van der Waals surface area contributed by atoms with Crippen LogP contribution in [0, 0.1) is 6.92 Å². The fraction of sp³-hybridized carbons (Fsp3) is 0.409. The lowest BCUT2D eigenvalue weighted by Crippen LogP contribution is -2.50. The average molecular weight is 446 g/mol. The summed E-state index contributed by atoms with van der Waals surface area (Å²) in [6.07, 6.45) is 0.215. The number of fused-ring (bicyclic) bond motifs is 1. The number of nitrogens with one attached hydrogen (secondary N) is 1. The molecule has 0 saturated carbocycles. The summed E-state index contributed by atoms with van der Waals surface area (Å²) in [7, 11) is -3.55.